The van der Waals surface area contributed by atoms with Gasteiger partial charge in [-0.3, -0.25) is 4.68 Å². The van der Waals surface area contributed by atoms with Gasteiger partial charge in [0.2, 0.25) is 0 Å². The van der Waals surface area contributed by atoms with Crippen molar-refractivity contribution in [3.05, 3.63) is 28.4 Å². The van der Waals surface area contributed by atoms with Gasteiger partial charge in [0.15, 0.2) is 0 Å². The molecule has 0 amide bonds. The first kappa shape index (κ1) is 8.27. The molecule has 0 atom stereocenters. The van der Waals surface area contributed by atoms with Crippen molar-refractivity contribution in [2.75, 3.05) is 0 Å². The second-order valence-electron chi connectivity index (χ2n) is 2.77. The monoisotopic (exact) mass is 235 g/mol. The lowest BCUT2D eigenvalue weighted by atomic mass is 10.1. The molecular formula is C9H6BrN3. The van der Waals surface area contributed by atoms with E-state index in [0.29, 0.717) is 5.56 Å². The summed E-state index contributed by atoms with van der Waals surface area (Å²) in [5.74, 6) is 0. The van der Waals surface area contributed by atoms with Crippen LogP contribution in [0.4, 0.5) is 0 Å². The molecule has 0 fully saturated rings. The highest BCUT2D eigenvalue weighted by molar-refractivity contribution is 9.10. The lowest BCUT2D eigenvalue weighted by molar-refractivity contribution is 0.780. The van der Waals surface area contributed by atoms with E-state index in [1.165, 1.54) is 0 Å². The summed E-state index contributed by atoms with van der Waals surface area (Å²) < 4.78 is 2.52. The van der Waals surface area contributed by atoms with Crippen molar-refractivity contribution in [1.82, 2.24) is 9.78 Å². The van der Waals surface area contributed by atoms with Crippen LogP contribution in [0.5, 0.6) is 0 Å². The number of aromatic nitrogens is 2. The van der Waals surface area contributed by atoms with E-state index in [-0.39, 0.29) is 0 Å². The van der Waals surface area contributed by atoms with Crippen LogP contribution >= 0.6 is 15.9 Å². The van der Waals surface area contributed by atoms with Crippen molar-refractivity contribution < 1.29 is 0 Å². The maximum absolute atomic E-state index is 8.91. The van der Waals surface area contributed by atoms with E-state index in [1.807, 2.05) is 25.4 Å². The molecule has 4 heteroatoms. The molecule has 3 nitrogen and oxygen atoms in total. The summed E-state index contributed by atoms with van der Waals surface area (Å²) in [6.45, 7) is 0. The third kappa shape index (κ3) is 1.21. The summed E-state index contributed by atoms with van der Waals surface area (Å²) in [4.78, 5) is 0. The lowest BCUT2D eigenvalue weighted by Gasteiger charge is -1.93. The van der Waals surface area contributed by atoms with Gasteiger partial charge in [-0.15, -0.1) is 0 Å². The highest BCUT2D eigenvalue weighted by Crippen LogP contribution is 2.24. The average Bonchev–Trinajstić information content (AvgIpc) is 2.45. The zero-order valence-electron chi connectivity index (χ0n) is 6.95. The van der Waals surface area contributed by atoms with Crippen LogP contribution in [0.1, 0.15) is 5.56 Å². The molecular weight excluding hydrogens is 230 g/mol. The van der Waals surface area contributed by atoms with Crippen molar-refractivity contribution in [2.45, 2.75) is 0 Å². The highest BCUT2D eigenvalue weighted by atomic mass is 79.9. The summed E-state index contributed by atoms with van der Waals surface area (Å²) in [6.07, 6.45) is 1.85. The molecule has 1 heterocycles. The Kier molecular flexibility index (Phi) is 1.82. The van der Waals surface area contributed by atoms with Gasteiger partial charge in [-0.2, -0.15) is 10.4 Å². The van der Waals surface area contributed by atoms with Crippen molar-refractivity contribution in [3.63, 3.8) is 0 Å². The van der Waals surface area contributed by atoms with Crippen LogP contribution in [-0.4, -0.2) is 9.78 Å². The molecule has 1 aromatic carbocycles. The Bertz CT molecular complexity index is 507. The number of nitriles is 1. The van der Waals surface area contributed by atoms with Gasteiger partial charge >= 0.3 is 0 Å². The third-order valence-electron chi connectivity index (χ3n) is 1.86. The number of rotatable bonds is 0. The number of fused-ring (bicyclic) bond motifs is 1. The van der Waals surface area contributed by atoms with E-state index in [9.17, 15) is 0 Å². The Morgan fingerprint density at radius 2 is 2.31 bits per heavy atom. The SMILES string of the molecule is Cn1cc2c(C#N)c(Br)ccc2n1. The number of halogens is 1. The first-order chi connectivity index (χ1) is 6.22. The van der Waals surface area contributed by atoms with Crippen LogP contribution in [0, 0.1) is 11.3 Å². The van der Waals surface area contributed by atoms with Crippen LogP contribution in [0.2, 0.25) is 0 Å². The number of aryl methyl sites for hydroxylation is 1. The molecule has 0 spiro atoms. The van der Waals surface area contributed by atoms with Gasteiger partial charge < -0.3 is 0 Å². The molecule has 2 aromatic rings. The predicted octanol–water partition coefficient (Wildman–Crippen LogP) is 2.21. The van der Waals surface area contributed by atoms with Crippen LogP contribution in [-0.2, 0) is 7.05 Å². The standard InChI is InChI=1S/C9H6BrN3/c1-13-5-7-6(4-11)8(10)2-3-9(7)12-13/h2-3,5H,1H3. The van der Waals surface area contributed by atoms with Crippen LogP contribution in [0.3, 0.4) is 0 Å². The van der Waals surface area contributed by atoms with Crippen LogP contribution < -0.4 is 0 Å². The van der Waals surface area contributed by atoms with Gasteiger partial charge in [-0.1, -0.05) is 0 Å². The summed E-state index contributed by atoms with van der Waals surface area (Å²) in [5.41, 5.74) is 1.49. The number of benzene rings is 1. The first-order valence-corrected chi connectivity index (χ1v) is 4.53. The Morgan fingerprint density at radius 3 is 3.00 bits per heavy atom. The van der Waals surface area contributed by atoms with Crippen molar-refractivity contribution in [1.29, 1.82) is 5.26 Å². The minimum absolute atomic E-state index is 0.644. The Labute approximate surface area is 83.7 Å². The van der Waals surface area contributed by atoms with E-state index in [0.717, 1.165) is 15.4 Å². The van der Waals surface area contributed by atoms with Crippen molar-refractivity contribution >= 4 is 26.8 Å². The average molecular weight is 236 g/mol. The molecule has 0 aliphatic rings. The molecule has 1 aromatic heterocycles. The quantitative estimate of drug-likeness (QED) is 0.703. The largest absolute Gasteiger partial charge is 0.275 e. The predicted molar refractivity (Wildman–Crippen MR) is 53.1 cm³/mol. The van der Waals surface area contributed by atoms with Gasteiger partial charge in [0.25, 0.3) is 0 Å². The molecule has 0 N–H and O–H groups in total. The zero-order chi connectivity index (χ0) is 9.42. The van der Waals surface area contributed by atoms with Gasteiger partial charge in [-0.05, 0) is 28.1 Å². The molecule has 13 heavy (non-hydrogen) atoms. The molecule has 0 aliphatic carbocycles. The van der Waals surface area contributed by atoms with E-state index >= 15 is 0 Å². The molecule has 0 unspecified atom stereocenters. The Morgan fingerprint density at radius 1 is 1.54 bits per heavy atom. The van der Waals surface area contributed by atoms with Gasteiger partial charge in [0.05, 0.1) is 11.1 Å². The number of hydrogen-bond acceptors (Lipinski definition) is 2. The summed E-state index contributed by atoms with van der Waals surface area (Å²) in [5, 5.41) is 14.0. The van der Waals surface area contributed by atoms with Gasteiger partial charge in [0, 0.05) is 23.1 Å². The minimum atomic E-state index is 0.644. The molecule has 0 saturated heterocycles. The highest BCUT2D eigenvalue weighted by Gasteiger charge is 2.07. The molecule has 0 aliphatic heterocycles. The van der Waals surface area contributed by atoms with E-state index in [1.54, 1.807) is 4.68 Å². The minimum Gasteiger partial charge on any atom is -0.275 e. The number of hydrogen-bond donors (Lipinski definition) is 0. The maximum Gasteiger partial charge on any atom is 0.101 e. The first-order valence-electron chi connectivity index (χ1n) is 3.74. The molecule has 0 radical (unpaired) electrons. The topological polar surface area (TPSA) is 41.6 Å². The zero-order valence-corrected chi connectivity index (χ0v) is 8.54. The Balaban J connectivity index is 2.93. The summed E-state index contributed by atoms with van der Waals surface area (Å²) >= 11 is 3.33. The van der Waals surface area contributed by atoms with E-state index in [2.05, 4.69) is 27.1 Å². The fourth-order valence-corrected chi connectivity index (χ4v) is 1.73. The second kappa shape index (κ2) is 2.86. The lowest BCUT2D eigenvalue weighted by Crippen LogP contribution is -1.84. The van der Waals surface area contributed by atoms with Crippen molar-refractivity contribution in [3.8, 4) is 6.07 Å². The molecule has 2 rings (SSSR count). The maximum atomic E-state index is 8.91. The smallest absolute Gasteiger partial charge is 0.101 e. The fourth-order valence-electron chi connectivity index (χ4n) is 1.30. The third-order valence-corrected chi connectivity index (χ3v) is 2.53. The van der Waals surface area contributed by atoms with Crippen LogP contribution in [0.15, 0.2) is 22.8 Å². The van der Waals surface area contributed by atoms with Gasteiger partial charge in [0.1, 0.15) is 6.07 Å². The van der Waals surface area contributed by atoms with E-state index < -0.39 is 0 Å². The molecule has 0 saturated carbocycles. The fraction of sp³-hybridized carbons (Fsp3) is 0.111. The van der Waals surface area contributed by atoms with Gasteiger partial charge in [-0.25, -0.2) is 0 Å². The molecule has 0 bridgehead atoms. The normalized spacial score (nSPS) is 10.2. The molecule has 64 valence electrons. The van der Waals surface area contributed by atoms with Crippen LogP contribution in [0.25, 0.3) is 10.9 Å². The summed E-state index contributed by atoms with van der Waals surface area (Å²) in [6, 6.07) is 5.88. The second-order valence-corrected chi connectivity index (χ2v) is 3.62. The summed E-state index contributed by atoms with van der Waals surface area (Å²) in [7, 11) is 1.84. The van der Waals surface area contributed by atoms with Crippen molar-refractivity contribution in [2.24, 2.45) is 7.05 Å². The Hall–Kier alpha value is -1.34. The number of nitrogens with zero attached hydrogens (tertiary/aromatic N) is 3. The van der Waals surface area contributed by atoms with E-state index in [4.69, 9.17) is 5.26 Å².